The highest BCUT2D eigenvalue weighted by molar-refractivity contribution is 5.85. The van der Waals surface area contributed by atoms with E-state index in [9.17, 15) is 9.90 Å². The van der Waals surface area contributed by atoms with Gasteiger partial charge in [-0.15, -0.1) is 24.8 Å². The first-order valence-electron chi connectivity index (χ1n) is 6.25. The molecule has 1 aromatic rings. The molecule has 1 rings (SSSR count). The van der Waals surface area contributed by atoms with Crippen molar-refractivity contribution in [1.82, 2.24) is 10.3 Å². The minimum absolute atomic E-state index is 0. The summed E-state index contributed by atoms with van der Waals surface area (Å²) < 4.78 is 0. The molecule has 1 amide bonds. The summed E-state index contributed by atoms with van der Waals surface area (Å²) in [4.78, 5) is 15.6. The van der Waals surface area contributed by atoms with Gasteiger partial charge in [0.1, 0.15) is 6.10 Å². The minimum atomic E-state index is -1.15. The third-order valence-corrected chi connectivity index (χ3v) is 2.75. The van der Waals surface area contributed by atoms with Crippen LogP contribution in [-0.2, 0) is 11.3 Å². The highest BCUT2D eigenvalue weighted by Gasteiger charge is 2.21. The molecular formula is C13H23Cl2N3O2. The van der Waals surface area contributed by atoms with Crippen molar-refractivity contribution >= 4 is 30.7 Å². The number of aliphatic hydroxyl groups is 1. The van der Waals surface area contributed by atoms with Gasteiger partial charge in [-0.3, -0.25) is 9.78 Å². The highest BCUT2D eigenvalue weighted by atomic mass is 35.5. The summed E-state index contributed by atoms with van der Waals surface area (Å²) in [6, 6.07) is 3.15. The molecule has 20 heavy (non-hydrogen) atoms. The first kappa shape index (κ1) is 21.4. The number of aromatic nitrogens is 1. The van der Waals surface area contributed by atoms with Gasteiger partial charge in [-0.1, -0.05) is 25.8 Å². The van der Waals surface area contributed by atoms with E-state index in [1.165, 1.54) is 0 Å². The van der Waals surface area contributed by atoms with Crippen molar-refractivity contribution in [2.24, 2.45) is 5.73 Å². The smallest absolute Gasteiger partial charge is 0.250 e. The topological polar surface area (TPSA) is 88.2 Å². The van der Waals surface area contributed by atoms with Crippen molar-refractivity contribution in [2.45, 2.75) is 44.9 Å². The molecular weight excluding hydrogens is 301 g/mol. The van der Waals surface area contributed by atoms with Crippen LogP contribution in [0.3, 0.4) is 0 Å². The highest BCUT2D eigenvalue weighted by Crippen LogP contribution is 2.03. The van der Waals surface area contributed by atoms with E-state index < -0.39 is 18.1 Å². The molecule has 5 nitrogen and oxygen atoms in total. The van der Waals surface area contributed by atoms with Gasteiger partial charge in [0.15, 0.2) is 0 Å². The Hall–Kier alpha value is -0.880. The van der Waals surface area contributed by atoms with Crippen molar-refractivity contribution in [1.29, 1.82) is 0 Å². The summed E-state index contributed by atoms with van der Waals surface area (Å²) in [6.07, 6.45) is 4.75. The minimum Gasteiger partial charge on any atom is -0.382 e. The molecule has 0 spiro atoms. The molecule has 0 bridgehead atoms. The van der Waals surface area contributed by atoms with Crippen LogP contribution in [-0.4, -0.2) is 28.1 Å². The number of carbonyl (C=O) groups is 1. The SMILES string of the molecule is CCCC[C@H](N)C(O)C(=O)NCc1cccnc1.Cl.Cl. The van der Waals surface area contributed by atoms with E-state index in [1.54, 1.807) is 18.5 Å². The summed E-state index contributed by atoms with van der Waals surface area (Å²) in [7, 11) is 0. The van der Waals surface area contributed by atoms with E-state index >= 15 is 0 Å². The lowest BCUT2D eigenvalue weighted by molar-refractivity contribution is -0.130. The Kier molecular flexibility index (Phi) is 12.8. The fourth-order valence-electron chi connectivity index (χ4n) is 1.59. The number of halogens is 2. The fraction of sp³-hybridized carbons (Fsp3) is 0.538. The maximum atomic E-state index is 11.7. The third-order valence-electron chi connectivity index (χ3n) is 2.75. The lowest BCUT2D eigenvalue weighted by Crippen LogP contribution is -2.46. The molecule has 7 heteroatoms. The molecule has 1 unspecified atom stereocenters. The predicted octanol–water partition coefficient (Wildman–Crippen LogP) is 1.42. The first-order chi connectivity index (χ1) is 8.65. The van der Waals surface area contributed by atoms with E-state index in [0.29, 0.717) is 13.0 Å². The van der Waals surface area contributed by atoms with Crippen LogP contribution in [0.5, 0.6) is 0 Å². The molecule has 1 aromatic heterocycles. The number of rotatable bonds is 7. The molecule has 0 saturated carbocycles. The van der Waals surface area contributed by atoms with Crippen LogP contribution < -0.4 is 11.1 Å². The van der Waals surface area contributed by atoms with E-state index in [-0.39, 0.29) is 24.8 Å². The van der Waals surface area contributed by atoms with Crippen LogP contribution in [0, 0.1) is 0 Å². The third kappa shape index (κ3) is 7.65. The molecule has 0 aromatic carbocycles. The van der Waals surface area contributed by atoms with Crippen LogP contribution in [0.25, 0.3) is 0 Å². The van der Waals surface area contributed by atoms with Crippen LogP contribution in [0.4, 0.5) is 0 Å². The zero-order chi connectivity index (χ0) is 13.4. The molecule has 0 aliphatic carbocycles. The quantitative estimate of drug-likeness (QED) is 0.708. The monoisotopic (exact) mass is 323 g/mol. The van der Waals surface area contributed by atoms with E-state index in [4.69, 9.17) is 5.73 Å². The summed E-state index contributed by atoms with van der Waals surface area (Å²) in [5.41, 5.74) is 6.64. The number of amides is 1. The standard InChI is InChI=1S/C13H21N3O2.2ClH/c1-2-3-6-11(14)12(17)13(18)16-9-10-5-4-7-15-8-10;;/h4-5,7-8,11-12,17H,2-3,6,9,14H2,1H3,(H,16,18);2*1H/t11-,12?;;/m0../s1. The number of nitrogens with zero attached hydrogens (tertiary/aromatic N) is 1. The van der Waals surface area contributed by atoms with Crippen molar-refractivity contribution in [3.05, 3.63) is 30.1 Å². The molecule has 0 aliphatic heterocycles. The number of aliphatic hydroxyl groups excluding tert-OH is 1. The number of pyridine rings is 1. The fourth-order valence-corrected chi connectivity index (χ4v) is 1.59. The van der Waals surface area contributed by atoms with Crippen LogP contribution in [0.2, 0.25) is 0 Å². The number of carbonyl (C=O) groups excluding carboxylic acids is 1. The average molecular weight is 324 g/mol. The van der Waals surface area contributed by atoms with Crippen LogP contribution in [0.15, 0.2) is 24.5 Å². The number of nitrogens with one attached hydrogen (secondary N) is 1. The van der Waals surface area contributed by atoms with Crippen LogP contribution >= 0.6 is 24.8 Å². The Labute approximate surface area is 132 Å². The lowest BCUT2D eigenvalue weighted by atomic mass is 10.0. The van der Waals surface area contributed by atoms with Crippen molar-refractivity contribution in [3.63, 3.8) is 0 Å². The normalized spacial score (nSPS) is 12.6. The Morgan fingerprint density at radius 2 is 2.20 bits per heavy atom. The van der Waals surface area contributed by atoms with Gasteiger partial charge in [0, 0.05) is 25.0 Å². The Balaban J connectivity index is 0. The average Bonchev–Trinajstić information content (AvgIpc) is 2.42. The van der Waals surface area contributed by atoms with Gasteiger partial charge in [0.2, 0.25) is 0 Å². The molecule has 116 valence electrons. The second-order valence-corrected chi connectivity index (χ2v) is 4.33. The number of nitrogens with two attached hydrogens (primary N) is 1. The van der Waals surface area contributed by atoms with Gasteiger partial charge in [-0.25, -0.2) is 0 Å². The van der Waals surface area contributed by atoms with Gasteiger partial charge >= 0.3 is 0 Å². The molecule has 4 N–H and O–H groups in total. The van der Waals surface area contributed by atoms with Gasteiger partial charge in [-0.05, 0) is 18.1 Å². The van der Waals surface area contributed by atoms with Crippen molar-refractivity contribution in [2.75, 3.05) is 0 Å². The van der Waals surface area contributed by atoms with Gasteiger partial charge < -0.3 is 16.2 Å². The first-order valence-corrected chi connectivity index (χ1v) is 6.25. The summed E-state index contributed by atoms with van der Waals surface area (Å²) in [5.74, 6) is -0.428. The Morgan fingerprint density at radius 1 is 1.50 bits per heavy atom. The Bertz CT molecular complexity index is 366. The maximum Gasteiger partial charge on any atom is 0.250 e. The zero-order valence-electron chi connectivity index (χ0n) is 11.5. The van der Waals surface area contributed by atoms with E-state index in [0.717, 1.165) is 18.4 Å². The lowest BCUT2D eigenvalue weighted by Gasteiger charge is -2.18. The molecule has 2 atom stereocenters. The molecule has 0 saturated heterocycles. The number of hydrogen-bond donors (Lipinski definition) is 3. The van der Waals surface area contributed by atoms with Crippen LogP contribution in [0.1, 0.15) is 31.7 Å². The second-order valence-electron chi connectivity index (χ2n) is 4.33. The Morgan fingerprint density at radius 3 is 2.75 bits per heavy atom. The molecule has 0 fully saturated rings. The van der Waals surface area contributed by atoms with E-state index in [1.807, 2.05) is 13.0 Å². The van der Waals surface area contributed by atoms with Crippen molar-refractivity contribution < 1.29 is 9.90 Å². The van der Waals surface area contributed by atoms with Gasteiger partial charge in [0.25, 0.3) is 5.91 Å². The van der Waals surface area contributed by atoms with Gasteiger partial charge in [-0.2, -0.15) is 0 Å². The zero-order valence-corrected chi connectivity index (χ0v) is 13.1. The molecule has 1 heterocycles. The van der Waals surface area contributed by atoms with E-state index in [2.05, 4.69) is 10.3 Å². The number of unbranched alkanes of at least 4 members (excludes halogenated alkanes) is 1. The van der Waals surface area contributed by atoms with Gasteiger partial charge in [0.05, 0.1) is 0 Å². The van der Waals surface area contributed by atoms with Crippen molar-refractivity contribution in [3.8, 4) is 0 Å². The molecule has 0 radical (unpaired) electrons. The summed E-state index contributed by atoms with van der Waals surface area (Å²) >= 11 is 0. The largest absolute Gasteiger partial charge is 0.382 e. The maximum absolute atomic E-state index is 11.7. The second kappa shape index (κ2) is 11.9. The predicted molar refractivity (Wildman–Crippen MR) is 84.1 cm³/mol. The number of hydrogen-bond acceptors (Lipinski definition) is 4. The molecule has 0 aliphatic rings. The summed E-state index contributed by atoms with van der Waals surface area (Å²) in [6.45, 7) is 2.39. The summed E-state index contributed by atoms with van der Waals surface area (Å²) in [5, 5.41) is 12.4.